The van der Waals surface area contributed by atoms with Crippen LogP contribution in [0, 0.1) is 32.0 Å². The topological polar surface area (TPSA) is 151 Å². The number of nitrogens with zero attached hydrogens (tertiary/aromatic N) is 3. The molecule has 0 atom stereocenters. The van der Waals surface area contributed by atoms with E-state index in [-0.39, 0.29) is 94.9 Å². The number of allylic oxidation sites excluding steroid dienone is 6. The van der Waals surface area contributed by atoms with E-state index in [9.17, 15) is 14.4 Å². The third-order valence-corrected chi connectivity index (χ3v) is 10.3. The van der Waals surface area contributed by atoms with Crippen LogP contribution in [0.5, 0.6) is 0 Å². The molecule has 0 unspecified atom stereocenters. The molecule has 12 heteroatoms. The second kappa shape index (κ2) is 38.8. The van der Waals surface area contributed by atoms with E-state index >= 15 is 0 Å². The molecule has 3 aromatic heterocycles. The van der Waals surface area contributed by atoms with Gasteiger partial charge in [0.05, 0.1) is 17.3 Å². The Morgan fingerprint density at radius 3 is 0.963 bits per heavy atom. The Hall–Kier alpha value is -7.65. The molecule has 80 heavy (non-hydrogen) atoms. The monoisotopic (exact) mass is 1600 g/mol. The van der Waals surface area contributed by atoms with E-state index < -0.39 is 0 Å². The largest absolute Gasteiger partial charge is 0.512 e. The summed E-state index contributed by atoms with van der Waals surface area (Å²) in [6, 6.07) is 73.2. The summed E-state index contributed by atoms with van der Waals surface area (Å²) in [6.45, 7) is 12.8. The summed E-state index contributed by atoms with van der Waals surface area (Å²) < 4.78 is 0. The zero-order valence-corrected chi connectivity index (χ0v) is 53.0. The van der Waals surface area contributed by atoms with Gasteiger partial charge in [0.15, 0.2) is 17.3 Å². The summed E-state index contributed by atoms with van der Waals surface area (Å²) in [7, 11) is 0. The zero-order valence-electron chi connectivity index (χ0n) is 45.8. The number of aryl methyl sites for hydroxylation is 2. The van der Waals surface area contributed by atoms with Gasteiger partial charge in [0.2, 0.25) is 0 Å². The summed E-state index contributed by atoms with van der Waals surface area (Å²) in [4.78, 5) is 43.3. The molecule has 9 aromatic rings. The van der Waals surface area contributed by atoms with Gasteiger partial charge in [-0.15, -0.1) is 108 Å². The standard InChI is InChI=1S/2C18H14N.C17H12N.3C5H8O2.3Ir/c1-14-6-5-9-16(12-14)17-10-11-19-18(13-17)15-7-3-2-4-8-15;1-14-7-9-15(10-8-14)17-11-12-19-18(13-17)16-5-3-2-4-6-16;1-3-7-14(8-4-1)16-11-12-18-17(13-16)15-9-5-2-6-10-15;3*1-4(6)3-5(2)7;;;/h2-7,9-13H,1H3;2-5,7-13H,1H3;1-9,11-13H;3*3,6H,1-2H3;;;/q3*-1;;;;;;. The van der Waals surface area contributed by atoms with Crippen LogP contribution in [0.2, 0.25) is 0 Å². The Bertz CT molecular complexity index is 3220. The third-order valence-electron chi connectivity index (χ3n) is 10.3. The van der Waals surface area contributed by atoms with Crippen molar-refractivity contribution in [3.8, 4) is 67.2 Å². The van der Waals surface area contributed by atoms with E-state index in [4.69, 9.17) is 15.3 Å². The fraction of sp³-hybridized carbons (Fsp3) is 0.118. The molecule has 9 nitrogen and oxygen atoms in total. The van der Waals surface area contributed by atoms with E-state index in [0.29, 0.717) is 0 Å². The van der Waals surface area contributed by atoms with Crippen LogP contribution >= 0.6 is 0 Å². The number of aliphatic hydroxyl groups excluding tert-OH is 3. The van der Waals surface area contributed by atoms with Gasteiger partial charge in [-0.2, -0.15) is 0 Å². The maximum Gasteiger partial charge on any atom is 0.155 e. The number of benzene rings is 6. The van der Waals surface area contributed by atoms with E-state index in [1.807, 2.05) is 128 Å². The molecule has 3 N–H and O–H groups in total. The van der Waals surface area contributed by atoms with Crippen molar-refractivity contribution in [1.29, 1.82) is 0 Å². The average molecular weight is 1600 g/mol. The average Bonchev–Trinajstić information content (AvgIpc) is 3.42. The molecule has 0 aliphatic heterocycles. The molecule has 417 valence electrons. The first-order valence-electron chi connectivity index (χ1n) is 24.6. The summed E-state index contributed by atoms with van der Waals surface area (Å²) in [5, 5.41) is 25.1. The van der Waals surface area contributed by atoms with Gasteiger partial charge in [0, 0.05) is 97.1 Å². The molecule has 3 radical (unpaired) electrons. The Morgan fingerprint density at radius 2 is 0.662 bits per heavy atom. The Labute approximate surface area is 512 Å². The van der Waals surface area contributed by atoms with Crippen LogP contribution in [0.25, 0.3) is 67.2 Å². The predicted molar refractivity (Wildman–Crippen MR) is 313 cm³/mol. The molecule has 9 rings (SSSR count). The number of rotatable bonds is 9. The normalized spacial score (nSPS) is 10.2. The molecule has 0 spiro atoms. The third kappa shape index (κ3) is 27.8. The van der Waals surface area contributed by atoms with Gasteiger partial charge in [-0.3, -0.25) is 14.4 Å². The van der Waals surface area contributed by atoms with Crippen molar-refractivity contribution in [2.24, 2.45) is 0 Å². The quantitative estimate of drug-likeness (QED) is 0.0729. The summed E-state index contributed by atoms with van der Waals surface area (Å²) in [5.74, 6) is -0.187. The first kappa shape index (κ1) is 70.4. The van der Waals surface area contributed by atoms with Crippen LogP contribution in [-0.2, 0) is 74.7 Å². The van der Waals surface area contributed by atoms with Gasteiger partial charge < -0.3 is 30.3 Å². The van der Waals surface area contributed by atoms with Gasteiger partial charge in [-0.1, -0.05) is 108 Å². The minimum atomic E-state index is -0.125. The minimum Gasteiger partial charge on any atom is -0.512 e. The van der Waals surface area contributed by atoms with Crippen LogP contribution in [0.1, 0.15) is 52.7 Å². The van der Waals surface area contributed by atoms with Crippen LogP contribution in [-0.4, -0.2) is 47.6 Å². The fourth-order valence-corrected chi connectivity index (χ4v) is 7.01. The Kier molecular flexibility index (Phi) is 34.2. The van der Waals surface area contributed by atoms with Crippen molar-refractivity contribution in [3.05, 3.63) is 271 Å². The number of carbonyl (C=O) groups excluding carboxylic acids is 3. The number of ketones is 3. The molecular formula is C68H64Ir3N3O6-3. The Balaban J connectivity index is 0.000000503. The van der Waals surface area contributed by atoms with Crippen LogP contribution in [0.15, 0.2) is 242 Å². The van der Waals surface area contributed by atoms with Crippen LogP contribution in [0.3, 0.4) is 0 Å². The van der Waals surface area contributed by atoms with Gasteiger partial charge >= 0.3 is 0 Å². The Morgan fingerprint density at radius 1 is 0.350 bits per heavy atom. The maximum atomic E-state index is 10.0. The number of aliphatic hydroxyl groups is 3. The smallest absolute Gasteiger partial charge is 0.155 e. The molecule has 6 aromatic carbocycles. The number of hydrogen-bond donors (Lipinski definition) is 3. The number of pyridine rings is 3. The molecule has 0 bridgehead atoms. The van der Waals surface area contributed by atoms with E-state index in [0.717, 1.165) is 33.8 Å². The fourth-order valence-electron chi connectivity index (χ4n) is 7.01. The van der Waals surface area contributed by atoms with E-state index in [2.05, 4.69) is 126 Å². The summed E-state index contributed by atoms with van der Waals surface area (Å²) in [6.07, 6.45) is 9.05. The molecule has 3 heterocycles. The number of hydrogen-bond acceptors (Lipinski definition) is 9. The second-order valence-corrected chi connectivity index (χ2v) is 17.4. The molecule has 0 aliphatic carbocycles. The summed E-state index contributed by atoms with van der Waals surface area (Å²) in [5.41, 5.74) is 15.7. The van der Waals surface area contributed by atoms with Crippen molar-refractivity contribution in [3.63, 3.8) is 0 Å². The molecule has 0 fully saturated rings. The summed E-state index contributed by atoms with van der Waals surface area (Å²) >= 11 is 0. The van der Waals surface area contributed by atoms with E-state index in [1.165, 1.54) is 104 Å². The van der Waals surface area contributed by atoms with Gasteiger partial charge in [0.1, 0.15) is 0 Å². The first-order chi connectivity index (χ1) is 37.0. The molecular weight excluding hydrogens is 1530 g/mol. The van der Waals surface area contributed by atoms with Crippen molar-refractivity contribution >= 4 is 17.3 Å². The van der Waals surface area contributed by atoms with Crippen LogP contribution < -0.4 is 0 Å². The van der Waals surface area contributed by atoms with Crippen molar-refractivity contribution in [2.75, 3.05) is 0 Å². The van der Waals surface area contributed by atoms with Crippen molar-refractivity contribution in [2.45, 2.75) is 55.4 Å². The second-order valence-electron chi connectivity index (χ2n) is 17.4. The molecule has 0 amide bonds. The van der Waals surface area contributed by atoms with E-state index in [1.54, 1.807) is 0 Å². The minimum absolute atomic E-state index is 0. The molecule has 0 saturated carbocycles. The van der Waals surface area contributed by atoms with Crippen molar-refractivity contribution < 1.29 is 90.0 Å². The molecule has 0 saturated heterocycles. The van der Waals surface area contributed by atoms with Crippen LogP contribution in [0.4, 0.5) is 0 Å². The number of aromatic nitrogens is 3. The molecule has 0 aliphatic rings. The maximum absolute atomic E-state index is 10.0. The zero-order chi connectivity index (χ0) is 56.0. The van der Waals surface area contributed by atoms with Gasteiger partial charge in [-0.05, 0) is 124 Å². The number of carbonyl (C=O) groups is 3. The van der Waals surface area contributed by atoms with Crippen molar-refractivity contribution in [1.82, 2.24) is 15.0 Å². The predicted octanol–water partition coefficient (Wildman–Crippen LogP) is 16.4. The van der Waals surface area contributed by atoms with Gasteiger partial charge in [0.25, 0.3) is 0 Å². The SMILES string of the molecule is CC(=O)C=C(C)O.CC(=O)C=C(C)O.CC(=O)C=C(C)O.Cc1ccc(-c2ccnc(-c3[c-]cccc3)c2)cc1.Cc1cccc(-c2ccnc(-c3[c-]cccc3)c2)c1.[Ir].[Ir].[Ir].[c-]1ccccc1-c1cc(-c2ccccc2)ccn1. The van der Waals surface area contributed by atoms with Gasteiger partial charge in [-0.25, -0.2) is 0 Å². The first-order valence-corrected chi connectivity index (χ1v) is 24.6.